The normalized spacial score (nSPS) is 20.0. The van der Waals surface area contributed by atoms with E-state index in [9.17, 15) is 0 Å². The van der Waals surface area contributed by atoms with Crippen LogP contribution in [0.4, 0.5) is 0 Å². The molecule has 0 aliphatic carbocycles. The van der Waals surface area contributed by atoms with Crippen LogP contribution in [0.15, 0.2) is 42.0 Å². The lowest BCUT2D eigenvalue weighted by molar-refractivity contribution is 0.389. The molecule has 1 aliphatic heterocycles. The van der Waals surface area contributed by atoms with Crippen molar-refractivity contribution in [3.8, 4) is 0 Å². The summed E-state index contributed by atoms with van der Waals surface area (Å²) in [5.74, 6) is 0. The van der Waals surface area contributed by atoms with Crippen LogP contribution >= 0.6 is 0 Å². The number of rotatable bonds is 2. The number of nitrogens with zero attached hydrogens (tertiary/aromatic N) is 1. The molecule has 0 saturated heterocycles. The minimum absolute atomic E-state index is 0.523. The fourth-order valence-corrected chi connectivity index (χ4v) is 2.48. The molecule has 17 heavy (non-hydrogen) atoms. The van der Waals surface area contributed by atoms with Gasteiger partial charge in [0.15, 0.2) is 0 Å². The maximum Gasteiger partial charge on any atom is 0.0472 e. The van der Waals surface area contributed by atoms with E-state index in [1.165, 1.54) is 22.4 Å². The molecule has 1 unspecified atom stereocenters. The Morgan fingerprint density at radius 1 is 1.18 bits per heavy atom. The smallest absolute Gasteiger partial charge is 0.0472 e. The van der Waals surface area contributed by atoms with Crippen LogP contribution in [0, 0.1) is 6.92 Å². The fraction of sp³-hybridized carbons (Fsp3) is 0.375. The Morgan fingerprint density at radius 3 is 2.53 bits per heavy atom. The molecule has 0 bridgehead atoms. The van der Waals surface area contributed by atoms with Crippen LogP contribution in [-0.4, -0.2) is 18.0 Å². The van der Waals surface area contributed by atoms with Gasteiger partial charge in [0, 0.05) is 24.4 Å². The lowest BCUT2D eigenvalue weighted by Gasteiger charge is -2.33. The summed E-state index contributed by atoms with van der Waals surface area (Å²) >= 11 is 0. The Morgan fingerprint density at radius 2 is 1.88 bits per heavy atom. The summed E-state index contributed by atoms with van der Waals surface area (Å²) in [7, 11) is 2.19. The number of hydrogen-bond acceptors (Lipinski definition) is 1. The summed E-state index contributed by atoms with van der Waals surface area (Å²) in [6.45, 7) is 6.61. The van der Waals surface area contributed by atoms with Gasteiger partial charge in [0.1, 0.15) is 0 Å². The van der Waals surface area contributed by atoms with Gasteiger partial charge in [0.2, 0.25) is 0 Å². The number of hydrogen-bond donors (Lipinski definition) is 0. The predicted molar refractivity (Wildman–Crippen MR) is 74.8 cm³/mol. The standard InChI is InChI=1S/C16H21N/c1-5-14-10-12(2)11-16(17(14)4)15-9-7-6-8-13(15)3/h6-11,14H,5H2,1-4H3. The average molecular weight is 227 g/mol. The van der Waals surface area contributed by atoms with Gasteiger partial charge < -0.3 is 4.90 Å². The van der Waals surface area contributed by atoms with Crippen molar-refractivity contribution in [3.05, 3.63) is 53.1 Å². The van der Waals surface area contributed by atoms with Crippen molar-refractivity contribution in [2.75, 3.05) is 7.05 Å². The van der Waals surface area contributed by atoms with Gasteiger partial charge in [-0.1, -0.05) is 42.8 Å². The monoisotopic (exact) mass is 227 g/mol. The molecule has 90 valence electrons. The van der Waals surface area contributed by atoms with E-state index in [2.05, 4.69) is 69.1 Å². The van der Waals surface area contributed by atoms with Gasteiger partial charge in [-0.15, -0.1) is 0 Å². The Kier molecular flexibility index (Phi) is 3.37. The molecule has 1 aromatic carbocycles. The summed E-state index contributed by atoms with van der Waals surface area (Å²) in [4.78, 5) is 2.38. The predicted octanol–water partition coefficient (Wildman–Crippen LogP) is 4.01. The molecule has 1 atom stereocenters. The van der Waals surface area contributed by atoms with Crippen molar-refractivity contribution in [1.29, 1.82) is 0 Å². The lowest BCUT2D eigenvalue weighted by atomic mass is 9.97. The minimum atomic E-state index is 0.523. The summed E-state index contributed by atoms with van der Waals surface area (Å²) in [6, 6.07) is 9.13. The van der Waals surface area contributed by atoms with E-state index in [0.717, 1.165) is 6.42 Å². The highest BCUT2D eigenvalue weighted by Gasteiger charge is 2.19. The van der Waals surface area contributed by atoms with E-state index in [1.807, 2.05) is 0 Å². The summed E-state index contributed by atoms with van der Waals surface area (Å²) in [5.41, 5.74) is 5.40. The lowest BCUT2D eigenvalue weighted by Crippen LogP contribution is -2.30. The molecular formula is C16H21N. The molecule has 1 nitrogen and oxygen atoms in total. The van der Waals surface area contributed by atoms with Crippen LogP contribution in [0.25, 0.3) is 5.70 Å². The quantitative estimate of drug-likeness (QED) is 0.738. The molecule has 0 aromatic heterocycles. The SMILES string of the molecule is CCC1C=C(C)C=C(c2ccccc2C)N1C. The first kappa shape index (κ1) is 12.0. The van der Waals surface area contributed by atoms with Crippen LogP contribution in [0.3, 0.4) is 0 Å². The molecule has 0 fully saturated rings. The van der Waals surface area contributed by atoms with E-state index in [4.69, 9.17) is 0 Å². The van der Waals surface area contributed by atoms with Crippen molar-refractivity contribution >= 4 is 5.70 Å². The first-order valence-corrected chi connectivity index (χ1v) is 6.32. The van der Waals surface area contributed by atoms with Crippen LogP contribution in [0.2, 0.25) is 0 Å². The van der Waals surface area contributed by atoms with Gasteiger partial charge >= 0.3 is 0 Å². The van der Waals surface area contributed by atoms with Crippen molar-refractivity contribution in [3.63, 3.8) is 0 Å². The summed E-state index contributed by atoms with van der Waals surface area (Å²) in [6.07, 6.45) is 5.79. The minimum Gasteiger partial charge on any atom is -0.368 e. The summed E-state index contributed by atoms with van der Waals surface area (Å²) in [5, 5.41) is 0. The van der Waals surface area contributed by atoms with E-state index in [1.54, 1.807) is 0 Å². The van der Waals surface area contributed by atoms with E-state index in [-0.39, 0.29) is 0 Å². The Hall–Kier alpha value is -1.50. The van der Waals surface area contributed by atoms with Crippen LogP contribution < -0.4 is 0 Å². The van der Waals surface area contributed by atoms with Crippen LogP contribution in [0.1, 0.15) is 31.4 Å². The largest absolute Gasteiger partial charge is 0.368 e. The second-order valence-electron chi connectivity index (χ2n) is 4.84. The van der Waals surface area contributed by atoms with Gasteiger partial charge in [0.25, 0.3) is 0 Å². The number of aryl methyl sites for hydroxylation is 1. The third-order valence-corrected chi connectivity index (χ3v) is 3.54. The van der Waals surface area contributed by atoms with E-state index < -0.39 is 0 Å². The Labute approximate surface area is 104 Å². The highest BCUT2D eigenvalue weighted by atomic mass is 15.1. The number of benzene rings is 1. The highest BCUT2D eigenvalue weighted by Crippen LogP contribution is 2.29. The van der Waals surface area contributed by atoms with Crippen molar-refractivity contribution in [2.24, 2.45) is 0 Å². The first-order chi connectivity index (χ1) is 8.13. The zero-order valence-corrected chi connectivity index (χ0v) is 11.2. The summed E-state index contributed by atoms with van der Waals surface area (Å²) < 4.78 is 0. The zero-order valence-electron chi connectivity index (χ0n) is 11.2. The molecule has 1 aromatic rings. The first-order valence-electron chi connectivity index (χ1n) is 6.32. The molecule has 1 aliphatic rings. The highest BCUT2D eigenvalue weighted by molar-refractivity contribution is 5.70. The average Bonchev–Trinajstić information content (AvgIpc) is 2.32. The van der Waals surface area contributed by atoms with Crippen molar-refractivity contribution in [1.82, 2.24) is 4.90 Å². The molecule has 0 amide bonds. The maximum absolute atomic E-state index is 2.38. The second-order valence-corrected chi connectivity index (χ2v) is 4.84. The molecule has 1 heteroatoms. The molecule has 0 spiro atoms. The van der Waals surface area contributed by atoms with Crippen molar-refractivity contribution < 1.29 is 0 Å². The zero-order chi connectivity index (χ0) is 12.4. The Bertz CT molecular complexity index is 468. The van der Waals surface area contributed by atoms with Gasteiger partial charge in [-0.3, -0.25) is 0 Å². The second kappa shape index (κ2) is 4.79. The molecular weight excluding hydrogens is 206 g/mol. The van der Waals surface area contributed by atoms with Crippen LogP contribution in [0.5, 0.6) is 0 Å². The third kappa shape index (κ3) is 2.28. The van der Waals surface area contributed by atoms with Crippen LogP contribution in [-0.2, 0) is 0 Å². The number of likely N-dealkylation sites (N-methyl/N-ethyl adjacent to an activating group) is 1. The third-order valence-electron chi connectivity index (χ3n) is 3.54. The van der Waals surface area contributed by atoms with Crippen molar-refractivity contribution in [2.45, 2.75) is 33.2 Å². The fourth-order valence-electron chi connectivity index (χ4n) is 2.48. The molecule has 0 radical (unpaired) electrons. The van der Waals surface area contributed by atoms with Gasteiger partial charge in [-0.05, 0) is 31.9 Å². The van der Waals surface area contributed by atoms with E-state index in [0.29, 0.717) is 6.04 Å². The molecule has 0 N–H and O–H groups in total. The molecule has 2 rings (SSSR count). The van der Waals surface area contributed by atoms with Gasteiger partial charge in [-0.2, -0.15) is 0 Å². The molecule has 0 saturated carbocycles. The van der Waals surface area contributed by atoms with E-state index >= 15 is 0 Å². The van der Waals surface area contributed by atoms with Gasteiger partial charge in [-0.25, -0.2) is 0 Å². The Balaban J connectivity index is 2.45. The van der Waals surface area contributed by atoms with Gasteiger partial charge in [0.05, 0.1) is 0 Å². The topological polar surface area (TPSA) is 3.24 Å². The molecule has 1 heterocycles. The number of allylic oxidation sites excluding steroid dienone is 2. The maximum atomic E-state index is 2.38.